The number of carbonyl (C=O) groups excluding carboxylic acids is 1. The molecule has 0 N–H and O–H groups in total. The molecule has 2 aromatic carbocycles. The number of aryl methyl sites for hydroxylation is 1. The Kier molecular flexibility index (Phi) is 6.40. The Morgan fingerprint density at radius 1 is 1.09 bits per heavy atom. The molecule has 0 bridgehead atoms. The van der Waals surface area contributed by atoms with E-state index < -0.39 is 0 Å². The molecule has 0 saturated carbocycles. The van der Waals surface area contributed by atoms with E-state index in [0.717, 1.165) is 24.2 Å². The van der Waals surface area contributed by atoms with Gasteiger partial charge in [0.25, 0.3) is 0 Å². The van der Waals surface area contributed by atoms with Crippen LogP contribution in [0.25, 0.3) is 0 Å². The maximum absolute atomic E-state index is 12.4. The van der Waals surface area contributed by atoms with Gasteiger partial charge in [0.2, 0.25) is 0 Å². The molecule has 0 fully saturated rings. The fourth-order valence-electron chi connectivity index (χ4n) is 2.86. The molecule has 1 atom stereocenters. The quantitative estimate of drug-likeness (QED) is 0.662. The third-order valence-electron chi connectivity index (χ3n) is 4.24. The highest BCUT2D eigenvalue weighted by molar-refractivity contribution is 5.80. The molecule has 2 aromatic rings. The number of ketones is 1. The molecule has 0 aliphatic carbocycles. The second-order valence-electron chi connectivity index (χ2n) is 6.05. The zero-order valence-electron chi connectivity index (χ0n) is 14.3. The number of Topliss-reactive ketones (excluding diaryl/α,β-unsaturated/α-hetero) is 1. The molecule has 0 aliphatic heterocycles. The second-order valence-corrected chi connectivity index (χ2v) is 6.05. The third kappa shape index (κ3) is 4.69. The minimum absolute atomic E-state index is 0.0520. The largest absolute Gasteiger partial charge is 0.496 e. The van der Waals surface area contributed by atoms with E-state index in [-0.39, 0.29) is 5.92 Å². The van der Waals surface area contributed by atoms with Crippen LogP contribution in [-0.2, 0) is 4.79 Å². The van der Waals surface area contributed by atoms with Crippen molar-refractivity contribution >= 4 is 5.78 Å². The standard InChI is InChI=1S/C21H26O2/c1-4-5-8-18(22)15-20(17-13-11-16(2)12-14-17)19-9-6-7-10-21(19)23-3/h6-7,9-14,20H,4-5,8,15H2,1-3H3. The van der Waals surface area contributed by atoms with Crippen LogP contribution >= 0.6 is 0 Å². The molecular formula is C21H26O2. The van der Waals surface area contributed by atoms with Crippen molar-refractivity contribution in [2.24, 2.45) is 0 Å². The Balaban J connectivity index is 2.34. The van der Waals surface area contributed by atoms with Gasteiger partial charge in [-0.1, -0.05) is 61.4 Å². The molecule has 0 saturated heterocycles. The van der Waals surface area contributed by atoms with Crippen LogP contribution in [0.1, 0.15) is 55.2 Å². The lowest BCUT2D eigenvalue weighted by molar-refractivity contribution is -0.119. The molecule has 0 aromatic heterocycles. The molecule has 0 amide bonds. The second kappa shape index (κ2) is 8.52. The van der Waals surface area contributed by atoms with Crippen LogP contribution in [0.4, 0.5) is 0 Å². The first-order chi connectivity index (χ1) is 11.2. The SMILES string of the molecule is CCCCC(=O)CC(c1ccc(C)cc1)c1ccccc1OC. The summed E-state index contributed by atoms with van der Waals surface area (Å²) in [6.45, 7) is 4.19. The van der Waals surface area contributed by atoms with E-state index in [9.17, 15) is 4.79 Å². The number of carbonyl (C=O) groups is 1. The van der Waals surface area contributed by atoms with Gasteiger partial charge in [-0.3, -0.25) is 4.79 Å². The smallest absolute Gasteiger partial charge is 0.133 e. The zero-order valence-corrected chi connectivity index (χ0v) is 14.3. The predicted octanol–water partition coefficient (Wildman–Crippen LogP) is 5.28. The maximum atomic E-state index is 12.4. The van der Waals surface area contributed by atoms with Crippen molar-refractivity contribution in [2.45, 2.75) is 45.4 Å². The highest BCUT2D eigenvalue weighted by Gasteiger charge is 2.21. The van der Waals surface area contributed by atoms with Gasteiger partial charge in [-0.15, -0.1) is 0 Å². The lowest BCUT2D eigenvalue weighted by atomic mass is 9.85. The van der Waals surface area contributed by atoms with Crippen molar-refractivity contribution < 1.29 is 9.53 Å². The van der Waals surface area contributed by atoms with E-state index in [1.807, 2.05) is 18.2 Å². The zero-order chi connectivity index (χ0) is 16.7. The van der Waals surface area contributed by atoms with Crippen molar-refractivity contribution in [3.63, 3.8) is 0 Å². The monoisotopic (exact) mass is 310 g/mol. The molecule has 1 unspecified atom stereocenters. The topological polar surface area (TPSA) is 26.3 Å². The van der Waals surface area contributed by atoms with Crippen LogP contribution in [0.15, 0.2) is 48.5 Å². The van der Waals surface area contributed by atoms with Crippen LogP contribution in [0, 0.1) is 6.92 Å². The Hall–Kier alpha value is -2.09. The first-order valence-corrected chi connectivity index (χ1v) is 8.37. The first kappa shape index (κ1) is 17.3. The maximum Gasteiger partial charge on any atom is 0.133 e. The van der Waals surface area contributed by atoms with E-state index in [0.29, 0.717) is 18.6 Å². The lowest BCUT2D eigenvalue weighted by Crippen LogP contribution is -2.10. The molecular weight excluding hydrogens is 284 g/mol. The Morgan fingerprint density at radius 3 is 2.43 bits per heavy atom. The van der Waals surface area contributed by atoms with E-state index >= 15 is 0 Å². The number of benzene rings is 2. The molecule has 0 aliphatic rings. The highest BCUT2D eigenvalue weighted by atomic mass is 16.5. The minimum atomic E-state index is 0.0520. The van der Waals surface area contributed by atoms with E-state index in [2.05, 4.69) is 44.2 Å². The normalized spacial score (nSPS) is 12.0. The molecule has 2 heteroatoms. The van der Waals surface area contributed by atoms with Gasteiger partial charge in [0.15, 0.2) is 0 Å². The molecule has 2 nitrogen and oxygen atoms in total. The summed E-state index contributed by atoms with van der Waals surface area (Å²) in [6, 6.07) is 16.5. The summed E-state index contributed by atoms with van der Waals surface area (Å²) in [5, 5.41) is 0. The fraction of sp³-hybridized carbons (Fsp3) is 0.381. The van der Waals surface area contributed by atoms with Gasteiger partial charge in [-0.05, 0) is 25.0 Å². The van der Waals surface area contributed by atoms with Gasteiger partial charge < -0.3 is 4.74 Å². The Labute approximate surface area is 139 Å². The van der Waals surface area contributed by atoms with Gasteiger partial charge in [-0.25, -0.2) is 0 Å². The molecule has 122 valence electrons. The van der Waals surface area contributed by atoms with Crippen molar-refractivity contribution in [1.29, 1.82) is 0 Å². The molecule has 23 heavy (non-hydrogen) atoms. The number of hydrogen-bond acceptors (Lipinski definition) is 2. The van der Waals surface area contributed by atoms with Crippen LogP contribution in [0.2, 0.25) is 0 Å². The Morgan fingerprint density at radius 2 is 1.78 bits per heavy atom. The van der Waals surface area contributed by atoms with E-state index in [1.165, 1.54) is 11.1 Å². The summed E-state index contributed by atoms with van der Waals surface area (Å²) >= 11 is 0. The van der Waals surface area contributed by atoms with E-state index in [1.54, 1.807) is 7.11 Å². The van der Waals surface area contributed by atoms with Crippen LogP contribution < -0.4 is 4.74 Å². The average Bonchev–Trinajstić information content (AvgIpc) is 2.58. The average molecular weight is 310 g/mol. The Bertz CT molecular complexity index is 629. The van der Waals surface area contributed by atoms with Gasteiger partial charge in [-0.2, -0.15) is 0 Å². The van der Waals surface area contributed by atoms with Crippen LogP contribution in [-0.4, -0.2) is 12.9 Å². The summed E-state index contributed by atoms with van der Waals surface area (Å²) in [4.78, 5) is 12.4. The number of ether oxygens (including phenoxy) is 1. The van der Waals surface area contributed by atoms with Gasteiger partial charge in [0.05, 0.1) is 7.11 Å². The lowest BCUT2D eigenvalue weighted by Gasteiger charge is -2.20. The number of methoxy groups -OCH3 is 1. The van der Waals surface area contributed by atoms with Crippen molar-refractivity contribution in [1.82, 2.24) is 0 Å². The van der Waals surface area contributed by atoms with Crippen LogP contribution in [0.3, 0.4) is 0 Å². The van der Waals surface area contributed by atoms with Gasteiger partial charge in [0.1, 0.15) is 11.5 Å². The fourth-order valence-corrected chi connectivity index (χ4v) is 2.86. The number of hydrogen-bond donors (Lipinski definition) is 0. The highest BCUT2D eigenvalue weighted by Crippen LogP contribution is 2.35. The molecule has 0 heterocycles. The molecule has 2 rings (SSSR count). The summed E-state index contributed by atoms with van der Waals surface area (Å²) in [5.74, 6) is 1.22. The number of para-hydroxylation sites is 1. The van der Waals surface area contributed by atoms with Gasteiger partial charge in [0, 0.05) is 24.3 Å². The minimum Gasteiger partial charge on any atom is -0.496 e. The van der Waals surface area contributed by atoms with Crippen molar-refractivity contribution in [3.05, 3.63) is 65.2 Å². The number of unbranched alkanes of at least 4 members (excludes halogenated alkanes) is 1. The predicted molar refractivity (Wildman–Crippen MR) is 95.2 cm³/mol. The van der Waals surface area contributed by atoms with E-state index in [4.69, 9.17) is 4.74 Å². The van der Waals surface area contributed by atoms with Crippen molar-refractivity contribution in [2.75, 3.05) is 7.11 Å². The summed E-state index contributed by atoms with van der Waals surface area (Å²) in [6.07, 6.45) is 3.21. The van der Waals surface area contributed by atoms with Crippen LogP contribution in [0.5, 0.6) is 5.75 Å². The van der Waals surface area contributed by atoms with Crippen molar-refractivity contribution in [3.8, 4) is 5.75 Å². The third-order valence-corrected chi connectivity index (χ3v) is 4.24. The van der Waals surface area contributed by atoms with Gasteiger partial charge >= 0.3 is 0 Å². The number of rotatable bonds is 8. The summed E-state index contributed by atoms with van der Waals surface area (Å²) in [5.41, 5.74) is 3.48. The molecule has 0 radical (unpaired) electrons. The summed E-state index contributed by atoms with van der Waals surface area (Å²) in [7, 11) is 1.68. The summed E-state index contributed by atoms with van der Waals surface area (Å²) < 4.78 is 5.52. The first-order valence-electron chi connectivity index (χ1n) is 8.37. The molecule has 0 spiro atoms.